The average Bonchev–Trinajstić information content (AvgIpc) is 3.00. The molecular formula is C20H24N6. The second kappa shape index (κ2) is 6.78. The van der Waals surface area contributed by atoms with E-state index < -0.39 is 0 Å². The molecule has 0 saturated carbocycles. The van der Waals surface area contributed by atoms with E-state index in [1.165, 1.54) is 11.3 Å². The molecule has 1 N–H and O–H groups in total. The van der Waals surface area contributed by atoms with Crippen LogP contribution in [0.1, 0.15) is 29.3 Å². The lowest BCUT2D eigenvalue weighted by molar-refractivity contribution is 0.613. The van der Waals surface area contributed by atoms with Crippen molar-refractivity contribution in [1.29, 1.82) is 0 Å². The number of anilines is 2. The summed E-state index contributed by atoms with van der Waals surface area (Å²) in [6.45, 7) is 5.93. The number of fused-ring (bicyclic) bond motifs is 1. The van der Waals surface area contributed by atoms with Gasteiger partial charge in [-0.1, -0.05) is 18.2 Å². The maximum atomic E-state index is 4.69. The summed E-state index contributed by atoms with van der Waals surface area (Å²) in [5.41, 5.74) is 4.76. The molecular weight excluding hydrogens is 324 g/mol. The first-order valence-electron chi connectivity index (χ1n) is 9.01. The van der Waals surface area contributed by atoms with Gasteiger partial charge in [0.1, 0.15) is 5.82 Å². The molecule has 4 rings (SSSR count). The molecule has 1 aliphatic rings. The van der Waals surface area contributed by atoms with E-state index >= 15 is 0 Å². The highest BCUT2D eigenvalue weighted by atomic mass is 15.3. The number of nitrogens with zero attached hydrogens (tertiary/aromatic N) is 5. The van der Waals surface area contributed by atoms with Crippen LogP contribution in [-0.4, -0.2) is 39.9 Å². The molecule has 0 radical (unpaired) electrons. The summed E-state index contributed by atoms with van der Waals surface area (Å²) >= 11 is 0. The van der Waals surface area contributed by atoms with E-state index in [2.05, 4.69) is 56.6 Å². The number of para-hydroxylation sites is 1. The Hall–Kier alpha value is -2.89. The number of hydrogen-bond donors (Lipinski definition) is 1. The standard InChI is InChI=1S/C20H24N6/c1-14-10-15(2)26(24-14)20-13-21-12-19(23-20)22-11-16-8-9-25(3)18-7-5-4-6-17(16)18/h4-7,10,12-13,16H,8-9,11H2,1-3H3,(H,22,23). The second-order valence-electron chi connectivity index (χ2n) is 6.95. The van der Waals surface area contributed by atoms with Crippen LogP contribution in [0.25, 0.3) is 5.82 Å². The van der Waals surface area contributed by atoms with Crippen LogP contribution in [0.4, 0.5) is 11.5 Å². The second-order valence-corrected chi connectivity index (χ2v) is 6.95. The van der Waals surface area contributed by atoms with Crippen LogP contribution in [0.2, 0.25) is 0 Å². The molecule has 0 fully saturated rings. The maximum Gasteiger partial charge on any atom is 0.174 e. The van der Waals surface area contributed by atoms with Crippen molar-refractivity contribution >= 4 is 11.5 Å². The van der Waals surface area contributed by atoms with E-state index in [4.69, 9.17) is 0 Å². The zero-order chi connectivity index (χ0) is 18.1. The van der Waals surface area contributed by atoms with Gasteiger partial charge in [-0.25, -0.2) is 9.67 Å². The molecule has 1 atom stereocenters. The van der Waals surface area contributed by atoms with Crippen LogP contribution < -0.4 is 10.2 Å². The number of benzene rings is 1. The van der Waals surface area contributed by atoms with Gasteiger partial charge in [0.2, 0.25) is 0 Å². The van der Waals surface area contributed by atoms with Crippen LogP contribution >= 0.6 is 0 Å². The van der Waals surface area contributed by atoms with Gasteiger partial charge in [0.15, 0.2) is 5.82 Å². The van der Waals surface area contributed by atoms with Crippen molar-refractivity contribution in [3.05, 3.63) is 59.7 Å². The van der Waals surface area contributed by atoms with Crippen LogP contribution in [0, 0.1) is 13.8 Å². The number of aromatic nitrogens is 4. The Morgan fingerprint density at radius 3 is 2.85 bits per heavy atom. The first kappa shape index (κ1) is 16.6. The van der Waals surface area contributed by atoms with E-state index in [0.29, 0.717) is 5.92 Å². The first-order chi connectivity index (χ1) is 12.6. The Morgan fingerprint density at radius 1 is 1.19 bits per heavy atom. The van der Waals surface area contributed by atoms with Crippen molar-refractivity contribution < 1.29 is 0 Å². The van der Waals surface area contributed by atoms with Crippen LogP contribution in [0.3, 0.4) is 0 Å². The summed E-state index contributed by atoms with van der Waals surface area (Å²) in [5.74, 6) is 2.00. The third kappa shape index (κ3) is 3.14. The van der Waals surface area contributed by atoms with Crippen LogP contribution in [0.15, 0.2) is 42.7 Å². The van der Waals surface area contributed by atoms with E-state index in [-0.39, 0.29) is 0 Å². The van der Waals surface area contributed by atoms with Crippen LogP contribution in [-0.2, 0) is 0 Å². The Labute approximate surface area is 153 Å². The van der Waals surface area contributed by atoms with Gasteiger partial charge in [-0.3, -0.25) is 4.98 Å². The fraction of sp³-hybridized carbons (Fsp3) is 0.350. The molecule has 3 aromatic rings. The number of hydrogen-bond acceptors (Lipinski definition) is 5. The maximum absolute atomic E-state index is 4.69. The number of rotatable bonds is 4. The van der Waals surface area contributed by atoms with E-state index in [1.807, 2.05) is 24.6 Å². The highest BCUT2D eigenvalue weighted by Crippen LogP contribution is 2.34. The van der Waals surface area contributed by atoms with Crippen molar-refractivity contribution in [3.8, 4) is 5.82 Å². The SMILES string of the molecule is Cc1cc(C)n(-c2cncc(NCC3CCN(C)c4ccccc43)n2)n1. The predicted octanol–water partition coefficient (Wildman–Crippen LogP) is 3.31. The third-order valence-corrected chi connectivity index (χ3v) is 4.98. The Balaban J connectivity index is 1.52. The van der Waals surface area contributed by atoms with Gasteiger partial charge in [0, 0.05) is 37.4 Å². The Kier molecular flexibility index (Phi) is 4.32. The van der Waals surface area contributed by atoms with Crippen molar-refractivity contribution in [2.45, 2.75) is 26.2 Å². The molecule has 1 unspecified atom stereocenters. The first-order valence-corrected chi connectivity index (χ1v) is 9.01. The predicted molar refractivity (Wildman–Crippen MR) is 104 cm³/mol. The third-order valence-electron chi connectivity index (χ3n) is 4.98. The average molecular weight is 348 g/mol. The van der Waals surface area contributed by atoms with Gasteiger partial charge in [0.25, 0.3) is 0 Å². The lowest BCUT2D eigenvalue weighted by Gasteiger charge is -2.33. The normalized spacial score (nSPS) is 16.4. The number of nitrogens with one attached hydrogen (secondary N) is 1. The minimum Gasteiger partial charge on any atom is -0.374 e. The molecule has 0 spiro atoms. The summed E-state index contributed by atoms with van der Waals surface area (Å²) in [6, 6.07) is 10.7. The lowest BCUT2D eigenvalue weighted by atomic mass is 9.90. The summed E-state index contributed by atoms with van der Waals surface area (Å²) in [7, 11) is 2.16. The summed E-state index contributed by atoms with van der Waals surface area (Å²) in [4.78, 5) is 11.4. The monoisotopic (exact) mass is 348 g/mol. The zero-order valence-corrected chi connectivity index (χ0v) is 15.5. The van der Waals surface area contributed by atoms with Crippen molar-refractivity contribution in [1.82, 2.24) is 19.7 Å². The smallest absolute Gasteiger partial charge is 0.174 e. The summed E-state index contributed by atoms with van der Waals surface area (Å²) < 4.78 is 1.83. The molecule has 1 aliphatic heterocycles. The fourth-order valence-electron chi connectivity index (χ4n) is 3.65. The van der Waals surface area contributed by atoms with Gasteiger partial charge in [-0.05, 0) is 38.0 Å². The Bertz CT molecular complexity index is 916. The molecule has 0 aliphatic carbocycles. The molecule has 2 aromatic heterocycles. The van der Waals surface area contributed by atoms with Gasteiger partial charge >= 0.3 is 0 Å². The molecule has 134 valence electrons. The quantitative estimate of drug-likeness (QED) is 0.784. The van der Waals surface area contributed by atoms with E-state index in [0.717, 1.165) is 42.5 Å². The highest BCUT2D eigenvalue weighted by Gasteiger charge is 2.22. The lowest BCUT2D eigenvalue weighted by Crippen LogP contribution is -2.30. The van der Waals surface area contributed by atoms with Crippen molar-refractivity contribution in [2.24, 2.45) is 0 Å². The minimum atomic E-state index is 0.474. The minimum absolute atomic E-state index is 0.474. The van der Waals surface area contributed by atoms with Gasteiger partial charge < -0.3 is 10.2 Å². The molecule has 0 amide bonds. The summed E-state index contributed by atoms with van der Waals surface area (Å²) in [5, 5.41) is 7.96. The topological polar surface area (TPSA) is 58.9 Å². The van der Waals surface area contributed by atoms with Gasteiger partial charge in [-0.2, -0.15) is 5.10 Å². The van der Waals surface area contributed by atoms with Gasteiger partial charge in [0.05, 0.1) is 18.1 Å². The van der Waals surface area contributed by atoms with E-state index in [9.17, 15) is 0 Å². The summed E-state index contributed by atoms with van der Waals surface area (Å²) in [6.07, 6.45) is 4.65. The van der Waals surface area contributed by atoms with Crippen molar-refractivity contribution in [2.75, 3.05) is 30.4 Å². The molecule has 6 heteroatoms. The van der Waals surface area contributed by atoms with E-state index in [1.54, 1.807) is 12.4 Å². The van der Waals surface area contributed by atoms with Crippen LogP contribution in [0.5, 0.6) is 0 Å². The molecule has 26 heavy (non-hydrogen) atoms. The molecule has 1 aromatic carbocycles. The largest absolute Gasteiger partial charge is 0.374 e. The zero-order valence-electron chi connectivity index (χ0n) is 15.5. The molecule has 3 heterocycles. The number of aryl methyl sites for hydroxylation is 2. The fourth-order valence-corrected chi connectivity index (χ4v) is 3.65. The Morgan fingerprint density at radius 2 is 2.04 bits per heavy atom. The van der Waals surface area contributed by atoms with Gasteiger partial charge in [-0.15, -0.1) is 0 Å². The highest BCUT2D eigenvalue weighted by molar-refractivity contribution is 5.57. The molecule has 0 saturated heterocycles. The molecule has 6 nitrogen and oxygen atoms in total. The molecule has 0 bridgehead atoms. The van der Waals surface area contributed by atoms with Crippen molar-refractivity contribution in [3.63, 3.8) is 0 Å².